The van der Waals surface area contributed by atoms with Crippen LogP contribution in [0.25, 0.3) is 0 Å². The molecule has 5 nitrogen and oxygen atoms in total. The zero-order valence-corrected chi connectivity index (χ0v) is 13.7. The molecule has 0 aliphatic carbocycles. The van der Waals surface area contributed by atoms with Gasteiger partial charge in [-0.2, -0.15) is 13.2 Å². The van der Waals surface area contributed by atoms with Crippen LogP contribution in [0.4, 0.5) is 18.9 Å². The first-order valence-electron chi connectivity index (χ1n) is 7.24. The summed E-state index contributed by atoms with van der Waals surface area (Å²) < 4.78 is 41.8. The van der Waals surface area contributed by atoms with Gasteiger partial charge in [0.2, 0.25) is 5.91 Å². The lowest BCUT2D eigenvalue weighted by Crippen LogP contribution is -2.27. The number of hydrogen-bond donors (Lipinski definition) is 2. The molecule has 0 radical (unpaired) electrons. The van der Waals surface area contributed by atoms with Crippen LogP contribution in [-0.4, -0.2) is 30.3 Å². The second kappa shape index (κ2) is 8.61. The van der Waals surface area contributed by atoms with Gasteiger partial charge in [0.1, 0.15) is 6.26 Å². The van der Waals surface area contributed by atoms with Crippen LogP contribution in [0.2, 0.25) is 0 Å². The van der Waals surface area contributed by atoms with Gasteiger partial charge in [-0.25, -0.2) is 0 Å². The Morgan fingerprint density at radius 1 is 1.16 bits per heavy atom. The first-order valence-corrected chi connectivity index (χ1v) is 8.22. The highest BCUT2D eigenvalue weighted by atomic mass is 32.2. The van der Waals surface area contributed by atoms with E-state index in [1.165, 1.54) is 30.7 Å². The molecule has 0 fully saturated rings. The molecular weight excluding hydrogens is 357 g/mol. The lowest BCUT2D eigenvalue weighted by Gasteiger charge is -2.12. The maximum atomic E-state index is 12.3. The molecular formula is C16H15F3N2O3S. The summed E-state index contributed by atoms with van der Waals surface area (Å²) in [6.45, 7) is 0.0910. The van der Waals surface area contributed by atoms with Gasteiger partial charge in [-0.15, -0.1) is 11.8 Å². The van der Waals surface area contributed by atoms with E-state index in [1.54, 1.807) is 12.1 Å². The number of carbonyl (C=O) groups is 2. The Kier molecular flexibility index (Phi) is 6.51. The lowest BCUT2D eigenvalue weighted by molar-refractivity contribution is -0.116. The zero-order valence-electron chi connectivity index (χ0n) is 12.9. The van der Waals surface area contributed by atoms with Crippen molar-refractivity contribution in [3.05, 3.63) is 48.4 Å². The number of thioether (sulfide) groups is 1. The third-order valence-electron chi connectivity index (χ3n) is 2.97. The minimum absolute atomic E-state index is 0.0120. The molecule has 0 saturated heterocycles. The third kappa shape index (κ3) is 6.54. The van der Waals surface area contributed by atoms with Gasteiger partial charge in [-0.05, 0) is 18.2 Å². The maximum Gasteiger partial charge on any atom is 0.398 e. The number of benzene rings is 1. The van der Waals surface area contributed by atoms with E-state index < -0.39 is 17.8 Å². The van der Waals surface area contributed by atoms with Crippen LogP contribution in [-0.2, 0) is 4.79 Å². The molecule has 0 saturated carbocycles. The molecule has 0 aliphatic rings. The summed E-state index contributed by atoms with van der Waals surface area (Å²) in [6.07, 6.45) is -1.66. The molecule has 2 aromatic rings. The molecule has 0 aliphatic heterocycles. The fourth-order valence-electron chi connectivity index (χ4n) is 1.85. The Morgan fingerprint density at radius 2 is 1.92 bits per heavy atom. The highest BCUT2D eigenvalue weighted by Gasteiger charge is 2.27. The maximum absolute atomic E-state index is 12.3. The first kappa shape index (κ1) is 18.9. The Morgan fingerprint density at radius 3 is 2.60 bits per heavy atom. The number of nitrogens with one attached hydrogen (secondary N) is 2. The van der Waals surface area contributed by atoms with Crippen molar-refractivity contribution in [2.45, 2.75) is 17.5 Å². The molecule has 25 heavy (non-hydrogen) atoms. The summed E-state index contributed by atoms with van der Waals surface area (Å²) in [7, 11) is 0. The van der Waals surface area contributed by atoms with Crippen molar-refractivity contribution in [2.75, 3.05) is 17.6 Å². The van der Waals surface area contributed by atoms with Crippen LogP contribution in [0.1, 0.15) is 16.8 Å². The molecule has 1 heterocycles. The fourth-order valence-corrected chi connectivity index (χ4v) is 2.62. The predicted octanol–water partition coefficient (Wildman–Crippen LogP) is 3.69. The van der Waals surface area contributed by atoms with E-state index in [1.807, 2.05) is 0 Å². The largest absolute Gasteiger partial charge is 0.472 e. The van der Waals surface area contributed by atoms with E-state index in [9.17, 15) is 22.8 Å². The number of anilines is 1. The second-order valence-corrected chi connectivity index (χ2v) is 5.98. The molecule has 0 atom stereocenters. The summed E-state index contributed by atoms with van der Waals surface area (Å²) in [6, 6.07) is 7.74. The number of halogens is 3. The molecule has 2 N–H and O–H groups in total. The van der Waals surface area contributed by atoms with Crippen LogP contribution in [0.15, 0.2) is 52.2 Å². The highest BCUT2D eigenvalue weighted by molar-refractivity contribution is 7.99. The normalized spacial score (nSPS) is 11.2. The first-order chi connectivity index (χ1) is 11.8. The van der Waals surface area contributed by atoms with Crippen molar-refractivity contribution in [2.24, 2.45) is 0 Å². The Labute approximate surface area is 146 Å². The third-order valence-corrected chi connectivity index (χ3v) is 4.11. The molecule has 0 spiro atoms. The van der Waals surface area contributed by atoms with Gasteiger partial charge in [0.05, 0.1) is 23.3 Å². The van der Waals surface area contributed by atoms with Crippen molar-refractivity contribution in [1.29, 1.82) is 0 Å². The molecule has 2 amide bonds. The molecule has 0 bridgehead atoms. The summed E-state index contributed by atoms with van der Waals surface area (Å²) in [5, 5.41) is 5.11. The van der Waals surface area contributed by atoms with E-state index in [0.717, 1.165) is 0 Å². The summed E-state index contributed by atoms with van der Waals surface area (Å²) in [4.78, 5) is 23.9. The van der Waals surface area contributed by atoms with Crippen molar-refractivity contribution < 1.29 is 27.2 Å². The van der Waals surface area contributed by atoms with Crippen LogP contribution >= 0.6 is 11.8 Å². The predicted molar refractivity (Wildman–Crippen MR) is 87.5 cm³/mol. The minimum Gasteiger partial charge on any atom is -0.472 e. The zero-order chi connectivity index (χ0) is 18.3. The summed E-state index contributed by atoms with van der Waals surface area (Å²) >= 11 is 0.603. The Hall–Kier alpha value is -2.42. The van der Waals surface area contributed by atoms with Gasteiger partial charge in [-0.3, -0.25) is 9.59 Å². The minimum atomic E-state index is -4.29. The number of para-hydroxylation sites is 1. The molecule has 9 heteroatoms. The Bertz CT molecular complexity index is 718. The molecule has 1 aromatic carbocycles. The van der Waals surface area contributed by atoms with E-state index in [2.05, 4.69) is 10.6 Å². The molecule has 2 rings (SSSR count). The lowest BCUT2D eigenvalue weighted by atomic mass is 10.3. The highest BCUT2D eigenvalue weighted by Crippen LogP contribution is 2.32. The number of amides is 2. The average molecular weight is 372 g/mol. The van der Waals surface area contributed by atoms with Crippen molar-refractivity contribution >= 4 is 29.3 Å². The van der Waals surface area contributed by atoms with Gasteiger partial charge < -0.3 is 15.1 Å². The topological polar surface area (TPSA) is 71.3 Å². The second-order valence-electron chi connectivity index (χ2n) is 4.97. The number of alkyl halides is 3. The van der Waals surface area contributed by atoms with E-state index in [-0.39, 0.29) is 18.9 Å². The standard InChI is InChI=1S/C16H15F3N2O3S/c17-16(18,19)10-25-13-4-2-1-3-12(13)21-14(22)5-7-20-15(23)11-6-8-24-9-11/h1-4,6,8-9H,5,7,10H2,(H,20,23)(H,21,22). The summed E-state index contributed by atoms with van der Waals surface area (Å²) in [5.74, 6) is -1.82. The number of carbonyl (C=O) groups excluding carboxylic acids is 2. The summed E-state index contributed by atoms with van der Waals surface area (Å²) in [5.41, 5.74) is 0.650. The van der Waals surface area contributed by atoms with Crippen LogP contribution in [0, 0.1) is 0 Å². The van der Waals surface area contributed by atoms with Gasteiger partial charge in [0, 0.05) is 17.9 Å². The number of rotatable bonds is 7. The SMILES string of the molecule is O=C(CCNC(=O)c1ccoc1)Nc1ccccc1SCC(F)(F)F. The van der Waals surface area contributed by atoms with Gasteiger partial charge >= 0.3 is 6.18 Å². The van der Waals surface area contributed by atoms with E-state index in [0.29, 0.717) is 27.9 Å². The van der Waals surface area contributed by atoms with Gasteiger partial charge in [-0.1, -0.05) is 12.1 Å². The monoisotopic (exact) mass is 372 g/mol. The van der Waals surface area contributed by atoms with Crippen LogP contribution in [0.3, 0.4) is 0 Å². The average Bonchev–Trinajstić information content (AvgIpc) is 3.07. The number of furan rings is 1. The number of hydrogen-bond acceptors (Lipinski definition) is 4. The van der Waals surface area contributed by atoms with Crippen molar-refractivity contribution in [3.63, 3.8) is 0 Å². The van der Waals surface area contributed by atoms with Crippen molar-refractivity contribution in [1.82, 2.24) is 5.32 Å². The molecule has 0 unspecified atom stereocenters. The van der Waals surface area contributed by atoms with Gasteiger partial charge in [0.25, 0.3) is 5.91 Å². The quantitative estimate of drug-likeness (QED) is 0.727. The van der Waals surface area contributed by atoms with E-state index >= 15 is 0 Å². The van der Waals surface area contributed by atoms with E-state index in [4.69, 9.17) is 4.42 Å². The smallest absolute Gasteiger partial charge is 0.398 e. The fraction of sp³-hybridized carbons (Fsp3) is 0.250. The molecule has 1 aromatic heterocycles. The van der Waals surface area contributed by atoms with Crippen molar-refractivity contribution in [3.8, 4) is 0 Å². The van der Waals surface area contributed by atoms with Crippen LogP contribution < -0.4 is 10.6 Å². The van der Waals surface area contributed by atoms with Crippen LogP contribution in [0.5, 0.6) is 0 Å². The van der Waals surface area contributed by atoms with Gasteiger partial charge in [0.15, 0.2) is 0 Å². The Balaban J connectivity index is 1.83. The molecule has 134 valence electrons.